The van der Waals surface area contributed by atoms with Gasteiger partial charge in [-0.3, -0.25) is 0 Å². The van der Waals surface area contributed by atoms with Gasteiger partial charge >= 0.3 is 0 Å². The second-order valence-electron chi connectivity index (χ2n) is 1.35. The van der Waals surface area contributed by atoms with Crippen LogP contribution in [0.4, 0.5) is 0 Å². The van der Waals surface area contributed by atoms with Crippen LogP contribution in [0.2, 0.25) is 0 Å². The molecule has 0 aromatic rings. The summed E-state index contributed by atoms with van der Waals surface area (Å²) in [5.41, 5.74) is 3.07. The van der Waals surface area contributed by atoms with Gasteiger partial charge in [0, 0.05) is 10.0 Å². The van der Waals surface area contributed by atoms with Crippen LogP contribution in [0, 0.1) is 0 Å². The van der Waals surface area contributed by atoms with Crippen LogP contribution in [-0.4, -0.2) is 0 Å². The van der Waals surface area contributed by atoms with Crippen LogP contribution in [0.15, 0.2) is 27.5 Å². The standard InChI is InChI=1S/C6H5I/c7-6-4-2-1-3-5-6/h1-3H,4H2. The highest BCUT2D eigenvalue weighted by Gasteiger charge is 1.84. The third-order valence-corrected chi connectivity index (χ3v) is 1.52. The van der Waals surface area contributed by atoms with Crippen LogP contribution < -0.4 is 0 Å². The van der Waals surface area contributed by atoms with E-state index in [2.05, 4.69) is 34.4 Å². The van der Waals surface area contributed by atoms with Crippen molar-refractivity contribution in [1.82, 2.24) is 0 Å². The Bertz CT molecular complexity index is 148. The van der Waals surface area contributed by atoms with Crippen molar-refractivity contribution in [1.29, 1.82) is 0 Å². The normalized spacial score (nSPS) is 17.0. The fourth-order valence-electron chi connectivity index (χ4n) is 0.437. The molecule has 0 spiro atoms. The molecule has 0 nitrogen and oxygen atoms in total. The molecule has 0 aromatic heterocycles. The Kier molecular flexibility index (Phi) is 1.71. The third-order valence-electron chi connectivity index (χ3n) is 0.769. The van der Waals surface area contributed by atoms with E-state index in [1.54, 1.807) is 0 Å². The fourth-order valence-corrected chi connectivity index (χ4v) is 0.871. The van der Waals surface area contributed by atoms with E-state index in [1.807, 2.05) is 12.2 Å². The minimum atomic E-state index is 1.07. The summed E-state index contributed by atoms with van der Waals surface area (Å²) in [4.78, 5) is 0. The molecule has 0 amide bonds. The lowest BCUT2D eigenvalue weighted by molar-refractivity contribution is 1.37. The van der Waals surface area contributed by atoms with Crippen LogP contribution in [0.5, 0.6) is 0 Å². The molecule has 1 heteroatoms. The van der Waals surface area contributed by atoms with Crippen molar-refractivity contribution in [3.63, 3.8) is 0 Å². The highest BCUT2D eigenvalue weighted by atomic mass is 127. The maximum absolute atomic E-state index is 3.07. The van der Waals surface area contributed by atoms with E-state index in [1.165, 1.54) is 3.58 Å². The van der Waals surface area contributed by atoms with Gasteiger partial charge in [-0.1, -0.05) is 12.2 Å². The molecule has 36 valence electrons. The van der Waals surface area contributed by atoms with Gasteiger partial charge in [0.1, 0.15) is 0 Å². The van der Waals surface area contributed by atoms with E-state index in [0.29, 0.717) is 0 Å². The zero-order chi connectivity index (χ0) is 5.11. The molecule has 0 bridgehead atoms. The third kappa shape index (κ3) is 1.49. The monoisotopic (exact) mass is 204 g/mol. The predicted octanol–water partition coefficient (Wildman–Crippen LogP) is 2.42. The quantitative estimate of drug-likeness (QED) is 0.419. The molecule has 0 saturated heterocycles. The summed E-state index contributed by atoms with van der Waals surface area (Å²) in [6.45, 7) is 0. The van der Waals surface area contributed by atoms with Crippen LogP contribution in [-0.2, 0) is 0 Å². The molecule has 1 aliphatic rings. The predicted molar refractivity (Wildman–Crippen MR) is 39.4 cm³/mol. The zero-order valence-corrected chi connectivity index (χ0v) is 5.97. The van der Waals surface area contributed by atoms with Crippen LogP contribution in [0.1, 0.15) is 6.42 Å². The van der Waals surface area contributed by atoms with Gasteiger partial charge in [0.2, 0.25) is 0 Å². The average Bonchev–Trinajstić information content (AvgIpc) is 1.69. The molecule has 0 aromatic carbocycles. The van der Waals surface area contributed by atoms with Gasteiger partial charge in [-0.05, 0) is 28.7 Å². The van der Waals surface area contributed by atoms with Crippen molar-refractivity contribution in [3.05, 3.63) is 27.5 Å². The lowest BCUT2D eigenvalue weighted by Crippen LogP contribution is -1.66. The van der Waals surface area contributed by atoms with Gasteiger partial charge in [-0.2, -0.15) is 0 Å². The molecule has 0 atom stereocenters. The van der Waals surface area contributed by atoms with Gasteiger partial charge in [0.25, 0.3) is 0 Å². The molecular weight excluding hydrogens is 199 g/mol. The highest BCUT2D eigenvalue weighted by Crippen LogP contribution is 2.11. The fraction of sp³-hybridized carbons (Fsp3) is 0.167. The van der Waals surface area contributed by atoms with E-state index in [0.717, 1.165) is 6.42 Å². The summed E-state index contributed by atoms with van der Waals surface area (Å²) < 4.78 is 1.29. The Hall–Kier alpha value is -0.0100. The maximum Gasteiger partial charge on any atom is 0.0361 e. The first-order valence-corrected chi connectivity index (χ1v) is 3.23. The van der Waals surface area contributed by atoms with E-state index < -0.39 is 0 Å². The zero-order valence-electron chi connectivity index (χ0n) is 3.82. The Labute approximate surface area is 56.8 Å². The van der Waals surface area contributed by atoms with Gasteiger partial charge < -0.3 is 0 Å². The average molecular weight is 204 g/mol. The molecule has 0 fully saturated rings. The Morgan fingerprint density at radius 1 is 1.71 bits per heavy atom. The Balaban J connectivity index is 2.84. The number of rotatable bonds is 0. The molecule has 7 heavy (non-hydrogen) atoms. The first-order chi connectivity index (χ1) is 3.39. The summed E-state index contributed by atoms with van der Waals surface area (Å²) in [5, 5.41) is 0. The first-order valence-electron chi connectivity index (χ1n) is 2.16. The molecule has 0 N–H and O–H groups in total. The number of allylic oxidation sites excluding steroid dienone is 3. The lowest BCUT2D eigenvalue weighted by atomic mass is 10.3. The van der Waals surface area contributed by atoms with E-state index in [-0.39, 0.29) is 0 Å². The highest BCUT2D eigenvalue weighted by molar-refractivity contribution is 14.1. The second kappa shape index (κ2) is 2.34. The minimum absolute atomic E-state index is 1.07. The van der Waals surface area contributed by atoms with Crippen molar-refractivity contribution in [3.8, 4) is 0 Å². The summed E-state index contributed by atoms with van der Waals surface area (Å²) in [7, 11) is 0. The van der Waals surface area contributed by atoms with Crippen molar-refractivity contribution < 1.29 is 0 Å². The smallest absolute Gasteiger partial charge is 0.0361 e. The number of hydrogen-bond acceptors (Lipinski definition) is 0. The summed E-state index contributed by atoms with van der Waals surface area (Å²) >= 11 is 2.28. The molecule has 0 radical (unpaired) electrons. The molecule has 0 heterocycles. The van der Waals surface area contributed by atoms with Crippen molar-refractivity contribution in [2.45, 2.75) is 6.42 Å². The van der Waals surface area contributed by atoms with Crippen molar-refractivity contribution in [2.75, 3.05) is 0 Å². The number of halogens is 1. The van der Waals surface area contributed by atoms with Gasteiger partial charge in [0.05, 0.1) is 0 Å². The van der Waals surface area contributed by atoms with E-state index in [9.17, 15) is 0 Å². The molecule has 1 aliphatic carbocycles. The van der Waals surface area contributed by atoms with E-state index >= 15 is 0 Å². The summed E-state index contributed by atoms with van der Waals surface area (Å²) in [6.07, 6.45) is 7.14. The van der Waals surface area contributed by atoms with E-state index in [4.69, 9.17) is 0 Å². The molecule has 0 unspecified atom stereocenters. The van der Waals surface area contributed by atoms with Crippen LogP contribution >= 0.6 is 22.6 Å². The molecule has 1 rings (SSSR count). The summed E-state index contributed by atoms with van der Waals surface area (Å²) in [6, 6.07) is 0. The van der Waals surface area contributed by atoms with Crippen molar-refractivity contribution >= 4 is 22.6 Å². The SMILES string of the molecule is IC1=C=CC=CC1. The van der Waals surface area contributed by atoms with Gasteiger partial charge in [0.15, 0.2) is 0 Å². The van der Waals surface area contributed by atoms with Crippen molar-refractivity contribution in [2.24, 2.45) is 0 Å². The summed E-state index contributed by atoms with van der Waals surface area (Å²) in [5.74, 6) is 0. The molecule has 0 saturated carbocycles. The molecule has 0 aliphatic heterocycles. The lowest BCUT2D eigenvalue weighted by Gasteiger charge is -1.88. The van der Waals surface area contributed by atoms with Gasteiger partial charge in [-0.25, -0.2) is 0 Å². The van der Waals surface area contributed by atoms with Gasteiger partial charge in [-0.15, -0.1) is 5.73 Å². The topological polar surface area (TPSA) is 0 Å². The van der Waals surface area contributed by atoms with Crippen LogP contribution in [0.3, 0.4) is 0 Å². The number of hydrogen-bond donors (Lipinski definition) is 0. The largest absolute Gasteiger partial charge is 0.110 e. The molecular formula is C6H5I. The first kappa shape index (κ1) is 5.13. The Morgan fingerprint density at radius 3 is 2.86 bits per heavy atom. The minimum Gasteiger partial charge on any atom is -0.110 e. The maximum atomic E-state index is 3.07. The Morgan fingerprint density at radius 2 is 2.57 bits per heavy atom. The van der Waals surface area contributed by atoms with Crippen LogP contribution in [0.25, 0.3) is 0 Å². The second-order valence-corrected chi connectivity index (χ2v) is 2.65.